The molecule has 0 bridgehead atoms. The molecule has 0 radical (unpaired) electrons. The SMILES string of the molecule is CC(C)C(=O)c1cn(CC(=O)COc2ccc3[nH]ccc3c2F)cc1CCC(=O)O. The van der Waals surface area contributed by atoms with Crippen molar-refractivity contribution in [3.05, 3.63) is 53.7 Å². The normalized spacial score (nSPS) is 11.2. The van der Waals surface area contributed by atoms with Crippen molar-refractivity contribution in [3.63, 3.8) is 0 Å². The number of aryl methyl sites for hydroxylation is 1. The van der Waals surface area contributed by atoms with Gasteiger partial charge in [-0.25, -0.2) is 4.39 Å². The number of nitrogens with zero attached hydrogens (tertiary/aromatic N) is 1. The fourth-order valence-electron chi connectivity index (χ4n) is 3.22. The first kappa shape index (κ1) is 21.3. The fraction of sp³-hybridized carbons (Fsp3) is 0.318. The van der Waals surface area contributed by atoms with Crippen LogP contribution in [0.1, 0.15) is 36.2 Å². The van der Waals surface area contributed by atoms with E-state index in [1.807, 2.05) is 0 Å². The van der Waals surface area contributed by atoms with E-state index in [0.29, 0.717) is 22.0 Å². The van der Waals surface area contributed by atoms with Crippen LogP contribution in [0.5, 0.6) is 5.75 Å². The Labute approximate surface area is 172 Å². The second kappa shape index (κ2) is 8.94. The molecule has 2 aromatic heterocycles. The zero-order valence-electron chi connectivity index (χ0n) is 16.8. The third-order valence-electron chi connectivity index (χ3n) is 4.74. The third-order valence-corrected chi connectivity index (χ3v) is 4.74. The van der Waals surface area contributed by atoms with E-state index in [1.165, 1.54) is 6.07 Å². The summed E-state index contributed by atoms with van der Waals surface area (Å²) < 4.78 is 21.3. The van der Waals surface area contributed by atoms with Gasteiger partial charge in [0.25, 0.3) is 0 Å². The van der Waals surface area contributed by atoms with Gasteiger partial charge in [-0.3, -0.25) is 14.4 Å². The molecule has 0 unspecified atom stereocenters. The van der Waals surface area contributed by atoms with E-state index in [-0.39, 0.29) is 49.2 Å². The first-order valence-electron chi connectivity index (χ1n) is 9.61. The van der Waals surface area contributed by atoms with Gasteiger partial charge in [0.1, 0.15) is 6.61 Å². The average molecular weight is 414 g/mol. The van der Waals surface area contributed by atoms with Gasteiger partial charge in [-0.05, 0) is 30.2 Å². The molecular formula is C22H23FN2O5. The fourth-order valence-corrected chi connectivity index (χ4v) is 3.22. The van der Waals surface area contributed by atoms with E-state index >= 15 is 0 Å². The van der Waals surface area contributed by atoms with E-state index in [0.717, 1.165) is 0 Å². The molecule has 0 saturated heterocycles. The summed E-state index contributed by atoms with van der Waals surface area (Å²) in [6, 6.07) is 4.72. The molecule has 0 atom stereocenters. The number of carboxylic acid groups (broad SMARTS) is 1. The molecule has 30 heavy (non-hydrogen) atoms. The van der Waals surface area contributed by atoms with Gasteiger partial charge in [-0.15, -0.1) is 0 Å². The minimum Gasteiger partial charge on any atom is -0.483 e. The van der Waals surface area contributed by atoms with Gasteiger partial charge in [0, 0.05) is 47.4 Å². The quantitative estimate of drug-likeness (QED) is 0.494. The summed E-state index contributed by atoms with van der Waals surface area (Å²) in [6.07, 6.45) is 4.88. The van der Waals surface area contributed by atoms with Crippen LogP contribution < -0.4 is 4.74 Å². The Balaban J connectivity index is 1.69. The number of benzene rings is 1. The molecule has 158 valence electrons. The summed E-state index contributed by atoms with van der Waals surface area (Å²) in [5.41, 5.74) is 1.65. The van der Waals surface area contributed by atoms with Gasteiger partial charge in [-0.1, -0.05) is 13.8 Å². The highest BCUT2D eigenvalue weighted by Crippen LogP contribution is 2.25. The Hall–Kier alpha value is -3.42. The molecule has 0 saturated carbocycles. The van der Waals surface area contributed by atoms with Gasteiger partial charge >= 0.3 is 5.97 Å². The van der Waals surface area contributed by atoms with E-state index in [1.54, 1.807) is 49.1 Å². The average Bonchev–Trinajstić information content (AvgIpc) is 3.32. The van der Waals surface area contributed by atoms with Crippen LogP contribution in [0.25, 0.3) is 10.9 Å². The lowest BCUT2D eigenvalue weighted by Gasteiger charge is -2.08. The van der Waals surface area contributed by atoms with Crippen molar-refractivity contribution >= 4 is 28.4 Å². The molecule has 3 rings (SSSR count). The van der Waals surface area contributed by atoms with Crippen molar-refractivity contribution < 1.29 is 28.6 Å². The van der Waals surface area contributed by atoms with Crippen LogP contribution in [-0.2, 0) is 22.6 Å². The standard InChI is InChI=1S/C22H23FN2O5/c1-13(2)22(29)17-11-25(9-14(17)3-6-20(27)28)10-15(26)12-30-19-5-4-18-16(21(19)23)7-8-24-18/h4-5,7-9,11,13,24H,3,6,10,12H2,1-2H3,(H,27,28). The van der Waals surface area contributed by atoms with Gasteiger partial charge < -0.3 is 19.4 Å². The van der Waals surface area contributed by atoms with Crippen LogP contribution in [0.2, 0.25) is 0 Å². The number of H-pyrrole nitrogens is 1. The van der Waals surface area contributed by atoms with Gasteiger partial charge in [0.05, 0.1) is 6.54 Å². The van der Waals surface area contributed by atoms with E-state index in [2.05, 4.69) is 4.98 Å². The lowest BCUT2D eigenvalue weighted by Crippen LogP contribution is -2.17. The van der Waals surface area contributed by atoms with Crippen LogP contribution in [0.4, 0.5) is 4.39 Å². The molecule has 0 aliphatic heterocycles. The number of hydrogen-bond acceptors (Lipinski definition) is 4. The van der Waals surface area contributed by atoms with Crippen LogP contribution in [0.3, 0.4) is 0 Å². The van der Waals surface area contributed by atoms with Crippen molar-refractivity contribution in [1.29, 1.82) is 0 Å². The second-order valence-corrected chi connectivity index (χ2v) is 7.43. The van der Waals surface area contributed by atoms with Crippen LogP contribution >= 0.6 is 0 Å². The number of aromatic amines is 1. The molecule has 1 aromatic carbocycles. The molecule has 2 heterocycles. The number of rotatable bonds is 10. The molecule has 0 aliphatic rings. The first-order chi connectivity index (χ1) is 14.3. The predicted molar refractivity (Wildman–Crippen MR) is 108 cm³/mol. The molecular weight excluding hydrogens is 391 g/mol. The van der Waals surface area contributed by atoms with Crippen molar-refractivity contribution in [2.75, 3.05) is 6.61 Å². The minimum absolute atomic E-state index is 0.0132. The summed E-state index contributed by atoms with van der Waals surface area (Å²) in [6.45, 7) is 3.12. The molecule has 3 aromatic rings. The number of nitrogens with one attached hydrogen (secondary N) is 1. The highest BCUT2D eigenvalue weighted by atomic mass is 19.1. The van der Waals surface area contributed by atoms with Crippen molar-refractivity contribution in [1.82, 2.24) is 9.55 Å². The van der Waals surface area contributed by atoms with Gasteiger partial charge in [-0.2, -0.15) is 0 Å². The third kappa shape index (κ3) is 4.76. The number of hydrogen-bond donors (Lipinski definition) is 2. The molecule has 0 fully saturated rings. The van der Waals surface area contributed by atoms with Gasteiger partial charge in [0.2, 0.25) is 0 Å². The van der Waals surface area contributed by atoms with Crippen molar-refractivity contribution in [3.8, 4) is 5.75 Å². The van der Waals surface area contributed by atoms with E-state index < -0.39 is 11.8 Å². The molecule has 8 heteroatoms. The zero-order valence-corrected chi connectivity index (χ0v) is 16.8. The smallest absolute Gasteiger partial charge is 0.303 e. The maximum Gasteiger partial charge on any atom is 0.303 e. The van der Waals surface area contributed by atoms with Crippen molar-refractivity contribution in [2.24, 2.45) is 5.92 Å². The number of aliphatic carboxylic acids is 1. The molecule has 7 nitrogen and oxygen atoms in total. The summed E-state index contributed by atoms with van der Waals surface area (Å²) >= 11 is 0. The van der Waals surface area contributed by atoms with Gasteiger partial charge in [0.15, 0.2) is 23.1 Å². The van der Waals surface area contributed by atoms with E-state index in [9.17, 15) is 18.8 Å². The van der Waals surface area contributed by atoms with E-state index in [4.69, 9.17) is 9.84 Å². The second-order valence-electron chi connectivity index (χ2n) is 7.43. The molecule has 0 amide bonds. The Morgan fingerprint density at radius 3 is 2.67 bits per heavy atom. The Morgan fingerprint density at radius 1 is 1.20 bits per heavy atom. The Morgan fingerprint density at radius 2 is 1.97 bits per heavy atom. The summed E-state index contributed by atoms with van der Waals surface area (Å²) in [5.74, 6) is -2.19. The summed E-state index contributed by atoms with van der Waals surface area (Å²) in [5, 5.41) is 9.30. The zero-order chi connectivity index (χ0) is 21.8. The molecule has 2 N–H and O–H groups in total. The number of ketones is 2. The number of carbonyl (C=O) groups is 3. The largest absolute Gasteiger partial charge is 0.483 e. The monoisotopic (exact) mass is 414 g/mol. The number of fused-ring (bicyclic) bond motifs is 1. The summed E-state index contributed by atoms with van der Waals surface area (Å²) in [7, 11) is 0. The van der Waals surface area contributed by atoms with Crippen molar-refractivity contribution in [2.45, 2.75) is 33.2 Å². The minimum atomic E-state index is -0.961. The maximum atomic E-state index is 14.4. The number of halogens is 1. The topological polar surface area (TPSA) is 101 Å². The number of ether oxygens (including phenoxy) is 1. The number of carboxylic acids is 1. The summed E-state index contributed by atoms with van der Waals surface area (Å²) in [4.78, 5) is 38.6. The van der Waals surface area contributed by atoms with Crippen LogP contribution in [0.15, 0.2) is 36.8 Å². The predicted octanol–water partition coefficient (Wildman–Crippen LogP) is 3.61. The highest BCUT2D eigenvalue weighted by molar-refractivity contribution is 5.99. The highest BCUT2D eigenvalue weighted by Gasteiger charge is 2.19. The molecule has 0 spiro atoms. The van der Waals surface area contributed by atoms with Crippen LogP contribution in [0, 0.1) is 11.7 Å². The first-order valence-corrected chi connectivity index (χ1v) is 9.61. The Bertz CT molecular complexity index is 1100. The molecule has 0 aliphatic carbocycles. The number of aromatic nitrogens is 2. The number of Topliss-reactive ketones (excluding diaryl/α,β-unsaturated/α-hetero) is 2. The van der Waals surface area contributed by atoms with Crippen LogP contribution in [-0.4, -0.2) is 38.8 Å². The lowest BCUT2D eigenvalue weighted by atomic mass is 9.98. The lowest BCUT2D eigenvalue weighted by molar-refractivity contribution is -0.137. The number of carbonyl (C=O) groups excluding carboxylic acids is 2. The Kier molecular flexibility index (Phi) is 6.34. The maximum absolute atomic E-state index is 14.4.